The average Bonchev–Trinajstić information content (AvgIpc) is 3.30. The van der Waals surface area contributed by atoms with Crippen molar-refractivity contribution >= 4 is 34.7 Å². The number of thioether (sulfide) groups is 1. The van der Waals surface area contributed by atoms with Gasteiger partial charge in [0.2, 0.25) is 0 Å². The van der Waals surface area contributed by atoms with E-state index in [1.54, 1.807) is 18.2 Å². The third kappa shape index (κ3) is 3.65. The van der Waals surface area contributed by atoms with Crippen LogP contribution in [0.1, 0.15) is 5.69 Å². The van der Waals surface area contributed by atoms with Crippen LogP contribution in [0, 0.1) is 5.82 Å². The topological polar surface area (TPSA) is 51.8 Å². The number of hydrogen-bond donors (Lipinski definition) is 0. The second-order valence-electron chi connectivity index (χ2n) is 5.27. The average molecular weight is 404 g/mol. The molecule has 0 bridgehead atoms. The van der Waals surface area contributed by atoms with Crippen LogP contribution in [0.15, 0.2) is 63.6 Å². The maximum absolute atomic E-state index is 13.8. The molecule has 2 heterocycles. The Morgan fingerprint density at radius 3 is 2.62 bits per heavy atom. The van der Waals surface area contributed by atoms with Gasteiger partial charge < -0.3 is 4.42 Å². The van der Waals surface area contributed by atoms with Crippen LogP contribution in [0.25, 0.3) is 22.0 Å². The Hall–Kier alpha value is -2.22. The molecular weight excluding hydrogens is 393 g/mol. The molecule has 2 aromatic carbocycles. The Morgan fingerprint density at radius 2 is 1.81 bits per heavy atom. The van der Waals surface area contributed by atoms with Crippen molar-refractivity contribution in [2.75, 3.05) is 0 Å². The molecule has 0 aliphatic rings. The lowest BCUT2D eigenvalue weighted by Crippen LogP contribution is -1.83. The van der Waals surface area contributed by atoms with E-state index in [4.69, 9.17) is 16.0 Å². The van der Waals surface area contributed by atoms with Crippen molar-refractivity contribution in [3.8, 4) is 22.0 Å². The molecule has 0 saturated heterocycles. The number of halogens is 2. The summed E-state index contributed by atoms with van der Waals surface area (Å²) in [5, 5.41) is 11.8. The van der Waals surface area contributed by atoms with Gasteiger partial charge in [-0.1, -0.05) is 53.7 Å². The highest BCUT2D eigenvalue weighted by atomic mass is 35.5. The summed E-state index contributed by atoms with van der Waals surface area (Å²) in [6.45, 7) is 0. The fourth-order valence-corrected chi connectivity index (χ4v) is 4.18. The van der Waals surface area contributed by atoms with Crippen LogP contribution in [0.4, 0.5) is 4.39 Å². The summed E-state index contributed by atoms with van der Waals surface area (Å²) >= 11 is 9.10. The van der Waals surface area contributed by atoms with Crippen molar-refractivity contribution < 1.29 is 8.81 Å². The smallest absolute Gasteiger partial charge is 0.277 e. The fraction of sp³-hybridized carbons (Fsp3) is 0.0556. The molecule has 0 spiro atoms. The number of aromatic nitrogens is 3. The van der Waals surface area contributed by atoms with Gasteiger partial charge in [0.15, 0.2) is 0 Å². The minimum absolute atomic E-state index is 0.167. The van der Waals surface area contributed by atoms with Crippen LogP contribution < -0.4 is 0 Å². The molecule has 4 aromatic rings. The van der Waals surface area contributed by atoms with E-state index in [-0.39, 0.29) is 5.89 Å². The summed E-state index contributed by atoms with van der Waals surface area (Å²) in [6.07, 6.45) is 0. The van der Waals surface area contributed by atoms with E-state index < -0.39 is 5.82 Å². The third-order valence-corrected chi connectivity index (χ3v) is 5.62. The molecule has 8 heteroatoms. The first-order valence-corrected chi connectivity index (χ1v) is 9.85. The van der Waals surface area contributed by atoms with Gasteiger partial charge in [-0.3, -0.25) is 0 Å². The maximum atomic E-state index is 13.8. The van der Waals surface area contributed by atoms with E-state index >= 15 is 0 Å². The van der Waals surface area contributed by atoms with Crippen LogP contribution in [-0.2, 0) is 5.75 Å². The lowest BCUT2D eigenvalue weighted by molar-refractivity contribution is 0.462. The van der Waals surface area contributed by atoms with Gasteiger partial charge >= 0.3 is 0 Å². The molecule has 130 valence electrons. The first-order valence-electron chi connectivity index (χ1n) is 7.61. The Labute approximate surface area is 162 Å². The number of thiazole rings is 1. The van der Waals surface area contributed by atoms with E-state index in [1.807, 2.05) is 29.6 Å². The Morgan fingerprint density at radius 1 is 1.04 bits per heavy atom. The second-order valence-corrected chi connectivity index (χ2v) is 7.46. The number of benzene rings is 2. The number of hydrogen-bond acceptors (Lipinski definition) is 6. The molecule has 0 saturated carbocycles. The van der Waals surface area contributed by atoms with Crippen LogP contribution in [0.3, 0.4) is 0 Å². The molecule has 0 unspecified atom stereocenters. The molecule has 4 rings (SSSR count). The van der Waals surface area contributed by atoms with Crippen molar-refractivity contribution in [2.24, 2.45) is 0 Å². The van der Waals surface area contributed by atoms with Gasteiger partial charge in [0, 0.05) is 16.7 Å². The van der Waals surface area contributed by atoms with Crippen LogP contribution in [0.2, 0.25) is 5.02 Å². The molecule has 0 fully saturated rings. The van der Waals surface area contributed by atoms with Gasteiger partial charge in [-0.15, -0.1) is 21.5 Å². The first kappa shape index (κ1) is 17.2. The Bertz CT molecular complexity index is 966. The SMILES string of the molecule is Fc1ccccc1-c1nnc(SCc2csc(-c3ccccc3Cl)n2)o1. The van der Waals surface area contributed by atoms with Crippen LogP contribution in [0.5, 0.6) is 0 Å². The lowest BCUT2D eigenvalue weighted by atomic mass is 10.2. The molecule has 4 nitrogen and oxygen atoms in total. The standard InChI is InChI=1S/C18H11ClFN3OS2/c19-14-7-3-1-5-12(14)17-21-11(9-25-17)10-26-18-23-22-16(24-18)13-6-2-4-8-15(13)20/h1-9H,10H2. The highest BCUT2D eigenvalue weighted by Crippen LogP contribution is 2.32. The number of rotatable bonds is 5. The zero-order valence-corrected chi connectivity index (χ0v) is 15.6. The van der Waals surface area contributed by atoms with Gasteiger partial charge in [0.05, 0.1) is 16.3 Å². The van der Waals surface area contributed by atoms with Crippen molar-refractivity contribution in [3.63, 3.8) is 0 Å². The van der Waals surface area contributed by atoms with Crippen molar-refractivity contribution in [3.05, 3.63) is 70.4 Å². The molecule has 2 aromatic heterocycles. The summed E-state index contributed by atoms with van der Waals surface area (Å²) in [5.41, 5.74) is 2.09. The molecule has 0 radical (unpaired) electrons. The largest absolute Gasteiger partial charge is 0.411 e. The zero-order valence-electron chi connectivity index (χ0n) is 13.2. The second kappa shape index (κ2) is 7.57. The highest BCUT2D eigenvalue weighted by molar-refractivity contribution is 7.98. The van der Waals surface area contributed by atoms with Crippen LogP contribution in [-0.4, -0.2) is 15.2 Å². The van der Waals surface area contributed by atoms with E-state index in [9.17, 15) is 4.39 Å². The lowest BCUT2D eigenvalue weighted by Gasteiger charge is -1.98. The maximum Gasteiger partial charge on any atom is 0.277 e. The molecule has 0 aliphatic carbocycles. The van der Waals surface area contributed by atoms with Crippen molar-refractivity contribution in [1.82, 2.24) is 15.2 Å². The van der Waals surface area contributed by atoms with Gasteiger partial charge in [-0.05, 0) is 18.2 Å². The van der Waals surface area contributed by atoms with E-state index in [1.165, 1.54) is 29.2 Å². The first-order chi connectivity index (χ1) is 12.7. The monoisotopic (exact) mass is 403 g/mol. The van der Waals surface area contributed by atoms with Gasteiger partial charge in [0.1, 0.15) is 10.8 Å². The molecule has 0 amide bonds. The molecule has 26 heavy (non-hydrogen) atoms. The normalized spacial score (nSPS) is 11.0. The predicted octanol–water partition coefficient (Wildman–Crippen LogP) is 5.94. The summed E-state index contributed by atoms with van der Waals surface area (Å²) in [4.78, 5) is 4.60. The van der Waals surface area contributed by atoms with Crippen molar-refractivity contribution in [2.45, 2.75) is 11.0 Å². The summed E-state index contributed by atoms with van der Waals surface area (Å²) < 4.78 is 19.3. The Balaban J connectivity index is 1.46. The fourth-order valence-electron chi connectivity index (χ4n) is 2.28. The van der Waals surface area contributed by atoms with Crippen LogP contribution >= 0.6 is 34.7 Å². The minimum atomic E-state index is -0.392. The van der Waals surface area contributed by atoms with Crippen molar-refractivity contribution in [1.29, 1.82) is 0 Å². The summed E-state index contributed by atoms with van der Waals surface area (Å²) in [5.74, 6) is 0.345. The summed E-state index contributed by atoms with van der Waals surface area (Å²) in [6, 6.07) is 13.9. The minimum Gasteiger partial charge on any atom is -0.411 e. The molecule has 0 atom stereocenters. The number of nitrogens with zero attached hydrogens (tertiary/aromatic N) is 3. The highest BCUT2D eigenvalue weighted by Gasteiger charge is 2.14. The molecule has 0 N–H and O–H groups in total. The van der Waals surface area contributed by atoms with Gasteiger partial charge in [0.25, 0.3) is 11.1 Å². The van der Waals surface area contributed by atoms with E-state index in [0.29, 0.717) is 21.6 Å². The van der Waals surface area contributed by atoms with E-state index in [0.717, 1.165) is 16.3 Å². The zero-order chi connectivity index (χ0) is 17.9. The predicted molar refractivity (Wildman–Crippen MR) is 102 cm³/mol. The molecular formula is C18H11ClFN3OS2. The third-order valence-electron chi connectivity index (χ3n) is 3.51. The Kier molecular flexibility index (Phi) is 5.01. The quantitative estimate of drug-likeness (QED) is 0.385. The van der Waals surface area contributed by atoms with Gasteiger partial charge in [-0.2, -0.15) is 0 Å². The summed E-state index contributed by atoms with van der Waals surface area (Å²) in [7, 11) is 0. The van der Waals surface area contributed by atoms with E-state index in [2.05, 4.69) is 15.2 Å². The molecule has 0 aliphatic heterocycles. The van der Waals surface area contributed by atoms with Gasteiger partial charge in [-0.25, -0.2) is 9.37 Å².